The van der Waals surface area contributed by atoms with Gasteiger partial charge in [0.25, 0.3) is 5.91 Å². The highest BCUT2D eigenvalue weighted by molar-refractivity contribution is 7.89. The van der Waals surface area contributed by atoms with Gasteiger partial charge in [0.1, 0.15) is 17.9 Å². The van der Waals surface area contributed by atoms with Gasteiger partial charge >= 0.3 is 5.97 Å². The van der Waals surface area contributed by atoms with E-state index in [1.165, 1.54) is 42.9 Å². The van der Waals surface area contributed by atoms with Crippen LogP contribution in [-0.4, -0.2) is 64.2 Å². The van der Waals surface area contributed by atoms with Crippen LogP contribution in [0.5, 0.6) is 0 Å². The molecule has 0 radical (unpaired) electrons. The second-order valence-electron chi connectivity index (χ2n) is 10.9. The lowest BCUT2D eigenvalue weighted by Crippen LogP contribution is -2.53. The number of aromatic nitrogens is 2. The Morgan fingerprint density at radius 1 is 0.978 bits per heavy atom. The number of pyridine rings is 2. The number of rotatable bonds is 9. The van der Waals surface area contributed by atoms with Crippen molar-refractivity contribution in [3.63, 3.8) is 0 Å². The lowest BCUT2D eigenvalue weighted by atomic mass is 9.78. The predicted molar refractivity (Wildman–Crippen MR) is 169 cm³/mol. The summed E-state index contributed by atoms with van der Waals surface area (Å²) in [6.45, 7) is 0.125. The second-order valence-corrected chi connectivity index (χ2v) is 14.5. The number of carboxylic acid groups (broad SMARTS) is 1. The van der Waals surface area contributed by atoms with Crippen LogP contribution in [0.3, 0.4) is 0 Å². The summed E-state index contributed by atoms with van der Waals surface area (Å²) in [5.74, 6) is -2.79. The molecule has 11 nitrogen and oxygen atoms in total. The first-order valence-corrected chi connectivity index (χ1v) is 16.9. The number of hydrogen-bond acceptors (Lipinski definition) is 7. The Balaban J connectivity index is 1.33. The van der Waals surface area contributed by atoms with Crippen molar-refractivity contribution in [2.24, 2.45) is 11.8 Å². The van der Waals surface area contributed by atoms with Crippen molar-refractivity contribution in [2.45, 2.75) is 49.1 Å². The molecule has 3 unspecified atom stereocenters. The summed E-state index contributed by atoms with van der Waals surface area (Å²) in [6, 6.07) is 4.48. The van der Waals surface area contributed by atoms with Crippen molar-refractivity contribution in [3.8, 4) is 0 Å². The Kier molecular flexibility index (Phi) is 10.2. The molecule has 1 saturated heterocycles. The van der Waals surface area contributed by atoms with Crippen LogP contribution in [-0.2, 0) is 26.0 Å². The maximum Gasteiger partial charge on any atom is 0.326 e. The SMILES string of the molecule is O=C(Nc1ccc(C[C@H](NC(=O)C2C3CCCCC3CN2S(=O)(=O)c2cc(Cl)cc(Cl)c2)C(=O)O)cn1)c1c(Cl)cncc1Cl. The van der Waals surface area contributed by atoms with Gasteiger partial charge < -0.3 is 15.7 Å². The number of halogens is 4. The third kappa shape index (κ3) is 7.37. The molecule has 1 aliphatic carbocycles. The Hall–Kier alpha value is -3.00. The van der Waals surface area contributed by atoms with Crippen LogP contribution in [0, 0.1) is 11.8 Å². The zero-order valence-corrected chi connectivity index (χ0v) is 27.3. The molecular weight excluding hydrogens is 688 g/mol. The fourth-order valence-electron chi connectivity index (χ4n) is 5.94. The Morgan fingerprint density at radius 2 is 1.64 bits per heavy atom. The van der Waals surface area contributed by atoms with Crippen LogP contribution < -0.4 is 10.6 Å². The number of fused-ring (bicyclic) bond motifs is 1. The van der Waals surface area contributed by atoms with Gasteiger partial charge in [0.2, 0.25) is 15.9 Å². The molecule has 4 atom stereocenters. The van der Waals surface area contributed by atoms with Gasteiger partial charge in [-0.25, -0.2) is 18.2 Å². The van der Waals surface area contributed by atoms with Crippen LogP contribution in [0.15, 0.2) is 53.8 Å². The van der Waals surface area contributed by atoms with E-state index in [9.17, 15) is 27.9 Å². The normalized spacial score (nSPS) is 20.7. The highest BCUT2D eigenvalue weighted by Crippen LogP contribution is 2.43. The fourth-order valence-corrected chi connectivity index (χ4v) is 8.89. The number of benzene rings is 1. The third-order valence-corrected chi connectivity index (χ3v) is 10.8. The number of nitrogens with one attached hydrogen (secondary N) is 2. The molecule has 2 aromatic heterocycles. The van der Waals surface area contributed by atoms with Gasteiger partial charge in [0, 0.05) is 41.6 Å². The molecule has 0 bridgehead atoms. The molecule has 5 rings (SSSR count). The first-order valence-electron chi connectivity index (χ1n) is 13.9. The number of amides is 2. The van der Waals surface area contributed by atoms with Crippen LogP contribution in [0.1, 0.15) is 41.6 Å². The van der Waals surface area contributed by atoms with E-state index in [1.54, 1.807) is 6.07 Å². The minimum absolute atomic E-state index is 0.0227. The summed E-state index contributed by atoms with van der Waals surface area (Å²) < 4.78 is 28.8. The van der Waals surface area contributed by atoms with E-state index in [-0.39, 0.29) is 61.2 Å². The summed E-state index contributed by atoms with van der Waals surface area (Å²) in [5, 5.41) is 15.5. The lowest BCUT2D eigenvalue weighted by molar-refractivity contribution is -0.142. The number of aliphatic carboxylic acids is 1. The van der Waals surface area contributed by atoms with E-state index in [0.717, 1.165) is 23.6 Å². The van der Waals surface area contributed by atoms with Gasteiger partial charge in [-0.2, -0.15) is 4.31 Å². The molecule has 3 aromatic rings. The van der Waals surface area contributed by atoms with E-state index in [2.05, 4.69) is 20.6 Å². The molecule has 2 amide bonds. The van der Waals surface area contributed by atoms with Crippen LogP contribution in [0.25, 0.3) is 0 Å². The van der Waals surface area contributed by atoms with Crippen molar-refractivity contribution in [3.05, 3.63) is 80.1 Å². The minimum atomic E-state index is -4.20. The predicted octanol–water partition coefficient (Wildman–Crippen LogP) is 5.33. The van der Waals surface area contributed by atoms with Gasteiger partial charge in [-0.05, 0) is 54.5 Å². The summed E-state index contributed by atoms with van der Waals surface area (Å²) >= 11 is 24.3. The summed E-state index contributed by atoms with van der Waals surface area (Å²) in [7, 11) is -4.20. The number of nitrogens with zero attached hydrogens (tertiary/aromatic N) is 3. The molecule has 45 heavy (non-hydrogen) atoms. The summed E-state index contributed by atoms with van der Waals surface area (Å²) in [6.07, 6.45) is 6.90. The number of carboxylic acids is 1. The highest BCUT2D eigenvalue weighted by Gasteiger charge is 2.51. The maximum absolute atomic E-state index is 13.8. The molecule has 16 heteroatoms. The monoisotopic (exact) mass is 713 g/mol. The first kappa shape index (κ1) is 33.4. The molecular formula is C29H27Cl4N5O6S. The van der Waals surface area contributed by atoms with Crippen LogP contribution in [0.2, 0.25) is 20.1 Å². The van der Waals surface area contributed by atoms with Gasteiger partial charge in [0.05, 0.1) is 20.5 Å². The van der Waals surface area contributed by atoms with E-state index in [0.29, 0.717) is 12.0 Å². The number of hydrogen-bond donors (Lipinski definition) is 3. The van der Waals surface area contributed by atoms with Crippen LogP contribution >= 0.6 is 46.4 Å². The lowest BCUT2D eigenvalue weighted by Gasteiger charge is -2.30. The van der Waals surface area contributed by atoms with Gasteiger partial charge in [0.15, 0.2) is 0 Å². The van der Waals surface area contributed by atoms with Gasteiger partial charge in [-0.15, -0.1) is 0 Å². The molecule has 0 spiro atoms. The Labute approximate surface area is 279 Å². The number of carbonyl (C=O) groups excluding carboxylic acids is 2. The largest absolute Gasteiger partial charge is 0.480 e. The maximum atomic E-state index is 13.8. The van der Waals surface area contributed by atoms with Crippen molar-refractivity contribution in [1.29, 1.82) is 0 Å². The van der Waals surface area contributed by atoms with Crippen molar-refractivity contribution < 1.29 is 27.9 Å². The average Bonchev–Trinajstić information content (AvgIpc) is 3.38. The standard InChI is InChI=1S/C29H27Cl4N5O6S/c30-17-8-18(31)10-19(9-17)45(43,44)38-14-16-3-1-2-4-20(16)26(38)28(40)36-23(29(41)42)7-15-5-6-24(35-11-15)37-27(39)25-21(32)12-34-13-22(25)33/h5-6,8-13,16,20,23,26H,1-4,7,14H2,(H,36,40)(H,41,42)(H,35,37,39)/t16?,20?,23-,26?/m0/s1. The molecule has 1 aromatic carbocycles. The second kappa shape index (κ2) is 13.8. The van der Waals surface area contributed by atoms with E-state index >= 15 is 0 Å². The summed E-state index contributed by atoms with van der Waals surface area (Å²) in [4.78, 5) is 46.5. The average molecular weight is 715 g/mol. The van der Waals surface area contributed by atoms with Crippen molar-refractivity contribution in [2.75, 3.05) is 11.9 Å². The molecule has 3 N–H and O–H groups in total. The van der Waals surface area contributed by atoms with Gasteiger partial charge in [-0.1, -0.05) is 65.3 Å². The number of anilines is 1. The first-order chi connectivity index (χ1) is 21.3. The van der Waals surface area contributed by atoms with Gasteiger partial charge in [-0.3, -0.25) is 14.6 Å². The minimum Gasteiger partial charge on any atom is -0.480 e. The Bertz CT molecular complexity index is 1700. The highest BCUT2D eigenvalue weighted by atomic mass is 35.5. The molecule has 2 fully saturated rings. The van der Waals surface area contributed by atoms with E-state index < -0.39 is 39.9 Å². The third-order valence-electron chi connectivity index (χ3n) is 8.01. The molecule has 1 saturated carbocycles. The fraction of sp³-hybridized carbons (Fsp3) is 0.345. The van der Waals surface area contributed by atoms with Crippen molar-refractivity contribution in [1.82, 2.24) is 19.6 Å². The molecule has 238 valence electrons. The van der Waals surface area contributed by atoms with E-state index in [4.69, 9.17) is 46.4 Å². The topological polar surface area (TPSA) is 159 Å². The van der Waals surface area contributed by atoms with Crippen molar-refractivity contribution >= 4 is 80.0 Å². The number of carbonyl (C=O) groups is 3. The van der Waals surface area contributed by atoms with Crippen LogP contribution in [0.4, 0.5) is 5.82 Å². The molecule has 2 aliphatic rings. The molecule has 1 aliphatic heterocycles. The zero-order valence-electron chi connectivity index (χ0n) is 23.4. The Morgan fingerprint density at radius 3 is 2.27 bits per heavy atom. The molecule has 3 heterocycles. The number of sulfonamides is 1. The van der Waals surface area contributed by atoms with E-state index in [1.807, 2.05) is 0 Å². The summed E-state index contributed by atoms with van der Waals surface area (Å²) in [5.41, 5.74) is 0.468. The quantitative estimate of drug-likeness (QED) is 0.268. The zero-order chi connectivity index (χ0) is 32.5. The smallest absolute Gasteiger partial charge is 0.326 e.